The molecule has 0 amide bonds. The molecule has 0 saturated carbocycles. The highest BCUT2D eigenvalue weighted by Crippen LogP contribution is 2.28. The number of ketones is 1. The van der Waals surface area contributed by atoms with Gasteiger partial charge >= 0.3 is 0 Å². The van der Waals surface area contributed by atoms with Gasteiger partial charge in [0.2, 0.25) is 15.8 Å². The highest BCUT2D eigenvalue weighted by atomic mass is 32.2. The number of nitrogens with one attached hydrogen (secondary N) is 2. The van der Waals surface area contributed by atoms with Crippen LogP contribution in [0.2, 0.25) is 0 Å². The first kappa shape index (κ1) is 20.7. The van der Waals surface area contributed by atoms with Crippen LogP contribution in [0, 0.1) is 17.6 Å². The van der Waals surface area contributed by atoms with Gasteiger partial charge in [0.05, 0.1) is 30.3 Å². The van der Waals surface area contributed by atoms with Gasteiger partial charge in [-0.15, -0.1) is 0 Å². The van der Waals surface area contributed by atoms with E-state index in [2.05, 4.69) is 14.7 Å². The van der Waals surface area contributed by atoms with Gasteiger partial charge in [-0.05, 0) is 24.1 Å². The van der Waals surface area contributed by atoms with E-state index in [1.54, 1.807) is 13.8 Å². The van der Waals surface area contributed by atoms with Crippen molar-refractivity contribution in [1.29, 1.82) is 0 Å². The molecule has 1 aromatic carbocycles. The Hall–Kier alpha value is -3.01. The van der Waals surface area contributed by atoms with E-state index in [0.29, 0.717) is 16.8 Å². The lowest BCUT2D eigenvalue weighted by Crippen LogP contribution is -2.21. The SMILES string of the molecule is COc1cnc2[nH]cc(C(=O)c3c(F)ccc(NS(=O)(=O)CC(C)C)c3F)c2c1. The Kier molecular flexibility index (Phi) is 5.56. The third-order valence-electron chi connectivity index (χ3n) is 4.12. The van der Waals surface area contributed by atoms with Crippen LogP contribution in [0.3, 0.4) is 0 Å². The van der Waals surface area contributed by atoms with Gasteiger partial charge in [-0.2, -0.15) is 0 Å². The second-order valence-corrected chi connectivity index (χ2v) is 8.63. The van der Waals surface area contributed by atoms with Gasteiger partial charge in [0.25, 0.3) is 0 Å². The Labute approximate surface area is 166 Å². The number of aromatic nitrogens is 2. The van der Waals surface area contributed by atoms with Crippen LogP contribution in [0.15, 0.2) is 30.6 Å². The number of carbonyl (C=O) groups is 1. The first-order valence-corrected chi connectivity index (χ1v) is 10.3. The van der Waals surface area contributed by atoms with Crippen molar-refractivity contribution in [3.05, 3.63) is 53.4 Å². The Morgan fingerprint density at radius 2 is 2.03 bits per heavy atom. The van der Waals surface area contributed by atoms with Crippen molar-refractivity contribution in [3.63, 3.8) is 0 Å². The van der Waals surface area contributed by atoms with Gasteiger partial charge < -0.3 is 9.72 Å². The summed E-state index contributed by atoms with van der Waals surface area (Å²) in [4.78, 5) is 19.7. The number of pyridine rings is 1. The van der Waals surface area contributed by atoms with Crippen molar-refractivity contribution in [2.75, 3.05) is 17.6 Å². The number of nitrogens with zero attached hydrogens (tertiary/aromatic N) is 1. The maximum absolute atomic E-state index is 15.0. The molecule has 2 N–H and O–H groups in total. The molecule has 3 rings (SSSR count). The fourth-order valence-corrected chi connectivity index (χ4v) is 4.36. The van der Waals surface area contributed by atoms with Crippen molar-refractivity contribution >= 4 is 32.5 Å². The third kappa shape index (κ3) is 4.21. The van der Waals surface area contributed by atoms with E-state index in [1.807, 2.05) is 0 Å². The lowest BCUT2D eigenvalue weighted by Gasteiger charge is -2.13. The molecule has 0 radical (unpaired) electrons. The molecule has 0 aliphatic heterocycles. The molecule has 0 aliphatic rings. The molecule has 0 spiro atoms. The molecular formula is C19H19F2N3O4S. The fourth-order valence-electron chi connectivity index (χ4n) is 2.91. The predicted molar refractivity (Wildman–Crippen MR) is 105 cm³/mol. The molecule has 2 aromatic heterocycles. The van der Waals surface area contributed by atoms with E-state index in [9.17, 15) is 22.0 Å². The summed E-state index contributed by atoms with van der Waals surface area (Å²) in [5.41, 5.74) is -1.04. The Balaban J connectivity index is 2.06. The van der Waals surface area contributed by atoms with Gasteiger partial charge in [-0.1, -0.05) is 13.8 Å². The molecule has 3 aromatic rings. The zero-order chi connectivity index (χ0) is 21.3. The van der Waals surface area contributed by atoms with Crippen LogP contribution in [0.25, 0.3) is 11.0 Å². The summed E-state index contributed by atoms with van der Waals surface area (Å²) in [7, 11) is -2.45. The molecule has 0 atom stereocenters. The number of hydrogen-bond donors (Lipinski definition) is 2. The smallest absolute Gasteiger partial charge is 0.233 e. The van der Waals surface area contributed by atoms with Crippen LogP contribution in [0.4, 0.5) is 14.5 Å². The summed E-state index contributed by atoms with van der Waals surface area (Å²) in [6.07, 6.45) is 2.71. The number of methoxy groups -OCH3 is 1. The zero-order valence-electron chi connectivity index (χ0n) is 15.9. The van der Waals surface area contributed by atoms with Crippen molar-refractivity contribution in [3.8, 4) is 5.75 Å². The van der Waals surface area contributed by atoms with E-state index in [4.69, 9.17) is 4.74 Å². The largest absolute Gasteiger partial charge is 0.495 e. The monoisotopic (exact) mass is 423 g/mol. The number of ether oxygens (including phenoxy) is 1. The zero-order valence-corrected chi connectivity index (χ0v) is 16.7. The molecule has 0 unspecified atom stereocenters. The third-order valence-corrected chi connectivity index (χ3v) is 5.76. The number of hydrogen-bond acceptors (Lipinski definition) is 5. The summed E-state index contributed by atoms with van der Waals surface area (Å²) in [5.74, 6) is -3.43. The van der Waals surface area contributed by atoms with E-state index in [0.717, 1.165) is 12.1 Å². The van der Waals surface area contributed by atoms with Crippen LogP contribution in [0.1, 0.15) is 29.8 Å². The van der Waals surface area contributed by atoms with Crippen LogP contribution in [-0.2, 0) is 10.0 Å². The number of sulfonamides is 1. The van der Waals surface area contributed by atoms with E-state index < -0.39 is 38.7 Å². The second-order valence-electron chi connectivity index (χ2n) is 6.86. The molecule has 0 bridgehead atoms. The number of aromatic amines is 1. The molecule has 2 heterocycles. The normalized spacial score (nSPS) is 11.8. The molecule has 0 fully saturated rings. The van der Waals surface area contributed by atoms with Crippen molar-refractivity contribution in [2.45, 2.75) is 13.8 Å². The van der Waals surface area contributed by atoms with E-state index in [-0.39, 0.29) is 17.2 Å². The van der Waals surface area contributed by atoms with Crippen molar-refractivity contribution in [2.24, 2.45) is 5.92 Å². The highest BCUT2D eigenvalue weighted by Gasteiger charge is 2.26. The van der Waals surface area contributed by atoms with Gasteiger partial charge in [-0.3, -0.25) is 9.52 Å². The average Bonchev–Trinajstić information content (AvgIpc) is 3.06. The summed E-state index contributed by atoms with van der Waals surface area (Å²) in [5, 5.41) is 0.318. The lowest BCUT2D eigenvalue weighted by atomic mass is 10.0. The highest BCUT2D eigenvalue weighted by molar-refractivity contribution is 7.92. The molecule has 10 heteroatoms. The summed E-state index contributed by atoms with van der Waals surface area (Å²) < 4.78 is 60.7. The number of anilines is 1. The van der Waals surface area contributed by atoms with Crippen molar-refractivity contribution < 1.29 is 26.7 Å². The Morgan fingerprint density at radius 3 is 2.69 bits per heavy atom. The maximum atomic E-state index is 15.0. The summed E-state index contributed by atoms with van der Waals surface area (Å²) >= 11 is 0. The lowest BCUT2D eigenvalue weighted by molar-refractivity contribution is 0.103. The van der Waals surface area contributed by atoms with Gasteiger partial charge in [0.1, 0.15) is 17.2 Å². The van der Waals surface area contributed by atoms with Gasteiger partial charge in [0.15, 0.2) is 5.82 Å². The molecule has 29 heavy (non-hydrogen) atoms. The fraction of sp³-hybridized carbons (Fsp3) is 0.263. The minimum atomic E-state index is -3.87. The quantitative estimate of drug-likeness (QED) is 0.567. The topological polar surface area (TPSA) is 101 Å². The summed E-state index contributed by atoms with van der Waals surface area (Å²) in [6, 6.07) is 3.30. The number of halogens is 2. The van der Waals surface area contributed by atoms with E-state index in [1.165, 1.54) is 25.6 Å². The molecule has 0 aliphatic carbocycles. The van der Waals surface area contributed by atoms with Crippen LogP contribution >= 0.6 is 0 Å². The predicted octanol–water partition coefficient (Wildman–Crippen LogP) is 3.48. The number of fused-ring (bicyclic) bond motifs is 1. The number of benzene rings is 1. The summed E-state index contributed by atoms with van der Waals surface area (Å²) in [6.45, 7) is 3.38. The van der Waals surface area contributed by atoms with Crippen LogP contribution in [0.5, 0.6) is 5.75 Å². The van der Waals surface area contributed by atoms with E-state index >= 15 is 0 Å². The standard InChI is InChI=1S/C19H19F2N3O4S/c1-10(2)9-29(26,27)24-15-5-4-14(20)16(17(15)21)18(25)13-8-23-19-12(13)6-11(28-3)7-22-19/h4-8,10,24H,9H2,1-3H3,(H,22,23). The maximum Gasteiger partial charge on any atom is 0.233 e. The van der Waals surface area contributed by atoms with Crippen LogP contribution in [-0.4, -0.2) is 37.0 Å². The average molecular weight is 423 g/mol. The first-order valence-electron chi connectivity index (χ1n) is 8.67. The number of rotatable bonds is 7. The Bertz CT molecular complexity index is 1190. The Morgan fingerprint density at radius 1 is 1.31 bits per heavy atom. The van der Waals surface area contributed by atoms with Crippen LogP contribution < -0.4 is 9.46 Å². The van der Waals surface area contributed by atoms with Gasteiger partial charge in [-0.25, -0.2) is 22.2 Å². The minimum Gasteiger partial charge on any atom is -0.495 e. The second kappa shape index (κ2) is 7.78. The minimum absolute atomic E-state index is 0.0219. The molecular weight excluding hydrogens is 404 g/mol. The first-order chi connectivity index (χ1) is 13.6. The molecule has 7 nitrogen and oxygen atoms in total. The number of H-pyrrole nitrogens is 1. The number of carbonyl (C=O) groups excluding carboxylic acids is 1. The molecule has 0 saturated heterocycles. The molecule has 154 valence electrons. The van der Waals surface area contributed by atoms with Crippen molar-refractivity contribution in [1.82, 2.24) is 9.97 Å². The van der Waals surface area contributed by atoms with Gasteiger partial charge in [0, 0.05) is 17.1 Å².